The van der Waals surface area contributed by atoms with E-state index in [0.29, 0.717) is 6.42 Å². The van der Waals surface area contributed by atoms with E-state index in [1.807, 2.05) is 6.92 Å². The van der Waals surface area contributed by atoms with Gasteiger partial charge in [0.1, 0.15) is 0 Å². The predicted molar refractivity (Wildman–Crippen MR) is 74.3 cm³/mol. The molecule has 1 fully saturated rings. The van der Waals surface area contributed by atoms with Gasteiger partial charge in [0.05, 0.1) is 12.6 Å². The Bertz CT molecular complexity index is 584. The summed E-state index contributed by atoms with van der Waals surface area (Å²) < 4.78 is 31.8. The van der Waals surface area contributed by atoms with Gasteiger partial charge in [0.2, 0.25) is 0 Å². The van der Waals surface area contributed by atoms with Crippen molar-refractivity contribution in [1.29, 1.82) is 0 Å². The number of ether oxygens (including phenoxy) is 1. The summed E-state index contributed by atoms with van der Waals surface area (Å²) in [5, 5.41) is 3.25. The molecule has 1 saturated heterocycles. The third-order valence-electron chi connectivity index (χ3n) is 3.10. The van der Waals surface area contributed by atoms with Crippen LogP contribution in [0.5, 0.6) is 0 Å². The molecule has 0 amide bonds. The zero-order valence-corrected chi connectivity index (χ0v) is 12.9. The zero-order chi connectivity index (χ0) is 14.8. The van der Waals surface area contributed by atoms with Gasteiger partial charge in [0.25, 0.3) is 10.0 Å². The fourth-order valence-electron chi connectivity index (χ4n) is 2.17. The van der Waals surface area contributed by atoms with Crippen LogP contribution in [0, 0.1) is 0 Å². The molecule has 1 aromatic rings. The minimum absolute atomic E-state index is 0.0875. The number of thiazole rings is 1. The van der Waals surface area contributed by atoms with Gasteiger partial charge < -0.3 is 10.1 Å². The number of hydrogen-bond donors (Lipinski definition) is 2. The summed E-state index contributed by atoms with van der Waals surface area (Å²) in [7, 11) is -2.55. The Hall–Kier alpha value is -1.03. The number of aromatic nitrogens is 1. The maximum atomic E-state index is 12.3. The molecule has 0 spiro atoms. The van der Waals surface area contributed by atoms with Gasteiger partial charge >= 0.3 is 5.97 Å². The second-order valence-electron chi connectivity index (χ2n) is 4.68. The van der Waals surface area contributed by atoms with Gasteiger partial charge in [-0.25, -0.2) is 22.9 Å². The lowest BCUT2D eigenvalue weighted by Crippen LogP contribution is -2.46. The summed E-state index contributed by atoms with van der Waals surface area (Å²) in [6.45, 7) is 2.77. The molecular formula is C11H17N3O4S2. The van der Waals surface area contributed by atoms with E-state index < -0.39 is 16.0 Å². The molecule has 2 atom stereocenters. The van der Waals surface area contributed by atoms with Crippen LogP contribution in [-0.4, -0.2) is 45.1 Å². The summed E-state index contributed by atoms with van der Waals surface area (Å²) in [5.41, 5.74) is 1.17. The fraction of sp³-hybridized carbons (Fsp3) is 0.636. The Balaban J connectivity index is 2.18. The van der Waals surface area contributed by atoms with Crippen LogP contribution in [0.15, 0.2) is 9.72 Å². The first-order chi connectivity index (χ1) is 9.44. The highest BCUT2D eigenvalue weighted by Crippen LogP contribution is 2.22. The molecule has 0 saturated carbocycles. The lowest BCUT2D eigenvalue weighted by atomic mass is 10.0. The molecule has 0 aromatic carbocycles. The minimum Gasteiger partial charge on any atom is -0.464 e. The van der Waals surface area contributed by atoms with Crippen molar-refractivity contribution >= 4 is 27.3 Å². The van der Waals surface area contributed by atoms with Gasteiger partial charge in [0.15, 0.2) is 9.90 Å². The van der Waals surface area contributed by atoms with Crippen molar-refractivity contribution < 1.29 is 17.9 Å². The number of esters is 1. The molecule has 7 nitrogen and oxygen atoms in total. The molecule has 2 heterocycles. The standard InChI is InChI=1S/C11H17N3O4S2/c1-7-5-8(3-4-12-7)14-20(16,17)11-9(10(15)18-2)13-6-19-11/h6-8,12,14H,3-5H2,1-2H3. The molecule has 2 unspecified atom stereocenters. The predicted octanol–water partition coefficient (Wildman–Crippen LogP) is 0.348. The van der Waals surface area contributed by atoms with Crippen molar-refractivity contribution in [1.82, 2.24) is 15.0 Å². The van der Waals surface area contributed by atoms with Crippen LogP contribution in [-0.2, 0) is 14.8 Å². The largest absolute Gasteiger partial charge is 0.464 e. The number of hydrogen-bond acceptors (Lipinski definition) is 7. The van der Waals surface area contributed by atoms with Gasteiger partial charge in [-0.3, -0.25) is 0 Å². The third-order valence-corrected chi connectivity index (χ3v) is 5.99. The maximum absolute atomic E-state index is 12.3. The molecular weight excluding hydrogens is 302 g/mol. The molecule has 0 radical (unpaired) electrons. The third kappa shape index (κ3) is 3.35. The van der Waals surface area contributed by atoms with Crippen LogP contribution >= 0.6 is 11.3 Å². The lowest BCUT2D eigenvalue weighted by molar-refractivity contribution is 0.0590. The van der Waals surface area contributed by atoms with E-state index in [4.69, 9.17) is 0 Å². The van der Waals surface area contributed by atoms with Crippen LogP contribution in [0.3, 0.4) is 0 Å². The quantitative estimate of drug-likeness (QED) is 0.777. The van der Waals surface area contributed by atoms with Crippen molar-refractivity contribution in [2.75, 3.05) is 13.7 Å². The van der Waals surface area contributed by atoms with E-state index in [2.05, 4.69) is 19.8 Å². The van der Waals surface area contributed by atoms with E-state index in [9.17, 15) is 13.2 Å². The van der Waals surface area contributed by atoms with Gasteiger partial charge in [0, 0.05) is 12.1 Å². The maximum Gasteiger partial charge on any atom is 0.358 e. The van der Waals surface area contributed by atoms with Gasteiger partial charge in [-0.15, -0.1) is 11.3 Å². The fourth-order valence-corrected chi connectivity index (χ4v) is 4.60. The molecule has 0 aliphatic carbocycles. The van der Waals surface area contributed by atoms with E-state index in [0.717, 1.165) is 24.3 Å². The van der Waals surface area contributed by atoms with E-state index in [1.165, 1.54) is 12.6 Å². The molecule has 1 aliphatic rings. The lowest BCUT2D eigenvalue weighted by Gasteiger charge is -2.28. The van der Waals surface area contributed by atoms with E-state index >= 15 is 0 Å². The molecule has 1 aliphatic heterocycles. The van der Waals surface area contributed by atoms with Gasteiger partial charge in [-0.1, -0.05) is 0 Å². The monoisotopic (exact) mass is 319 g/mol. The topological polar surface area (TPSA) is 97.4 Å². The van der Waals surface area contributed by atoms with Crippen LogP contribution in [0.2, 0.25) is 0 Å². The second kappa shape index (κ2) is 6.17. The SMILES string of the molecule is COC(=O)c1ncsc1S(=O)(=O)NC1CCNC(C)C1. The molecule has 1 aromatic heterocycles. The summed E-state index contributed by atoms with van der Waals surface area (Å²) in [5.74, 6) is -0.745. The Kier molecular flexibility index (Phi) is 4.74. The average molecular weight is 319 g/mol. The van der Waals surface area contributed by atoms with E-state index in [-0.39, 0.29) is 22.0 Å². The number of carbonyl (C=O) groups is 1. The first-order valence-electron chi connectivity index (χ1n) is 6.21. The highest BCUT2D eigenvalue weighted by molar-refractivity contribution is 7.91. The number of carbonyl (C=O) groups excluding carboxylic acids is 1. The summed E-state index contributed by atoms with van der Waals surface area (Å²) >= 11 is 0.912. The van der Waals surface area contributed by atoms with E-state index in [1.54, 1.807) is 0 Å². The molecule has 2 N–H and O–H groups in total. The Morgan fingerprint density at radius 1 is 1.60 bits per heavy atom. The van der Waals surface area contributed by atoms with Crippen LogP contribution in [0.25, 0.3) is 0 Å². The summed E-state index contributed by atoms with van der Waals surface area (Å²) in [6, 6.07) is 0.127. The number of nitrogens with one attached hydrogen (secondary N) is 2. The van der Waals surface area contributed by atoms with Crippen molar-refractivity contribution in [2.24, 2.45) is 0 Å². The van der Waals surface area contributed by atoms with Crippen molar-refractivity contribution in [3.8, 4) is 0 Å². The summed E-state index contributed by atoms with van der Waals surface area (Å²) in [4.78, 5) is 15.3. The van der Waals surface area contributed by atoms with Crippen LogP contribution in [0.1, 0.15) is 30.3 Å². The zero-order valence-electron chi connectivity index (χ0n) is 11.3. The molecule has 112 valence electrons. The Labute approximate surface area is 121 Å². The highest BCUT2D eigenvalue weighted by Gasteiger charge is 2.30. The molecule has 0 bridgehead atoms. The number of piperidine rings is 1. The minimum atomic E-state index is -3.75. The summed E-state index contributed by atoms with van der Waals surface area (Å²) in [6.07, 6.45) is 1.43. The average Bonchev–Trinajstić information content (AvgIpc) is 2.87. The van der Waals surface area contributed by atoms with Crippen LogP contribution in [0.4, 0.5) is 0 Å². The van der Waals surface area contributed by atoms with Gasteiger partial charge in [-0.05, 0) is 26.3 Å². The van der Waals surface area contributed by atoms with Crippen molar-refractivity contribution in [2.45, 2.75) is 36.1 Å². The van der Waals surface area contributed by atoms with Gasteiger partial charge in [-0.2, -0.15) is 0 Å². The number of sulfonamides is 1. The number of methoxy groups -OCH3 is 1. The first kappa shape index (κ1) is 15.4. The number of rotatable bonds is 4. The highest BCUT2D eigenvalue weighted by atomic mass is 32.2. The van der Waals surface area contributed by atoms with Crippen molar-refractivity contribution in [3.05, 3.63) is 11.2 Å². The first-order valence-corrected chi connectivity index (χ1v) is 8.58. The Morgan fingerprint density at radius 3 is 3.00 bits per heavy atom. The Morgan fingerprint density at radius 2 is 2.35 bits per heavy atom. The second-order valence-corrected chi connectivity index (χ2v) is 7.44. The van der Waals surface area contributed by atoms with Crippen LogP contribution < -0.4 is 10.0 Å². The molecule has 2 rings (SSSR count). The smallest absolute Gasteiger partial charge is 0.358 e. The molecule has 9 heteroatoms. The number of nitrogens with zero attached hydrogens (tertiary/aromatic N) is 1. The van der Waals surface area contributed by atoms with Crippen molar-refractivity contribution in [3.63, 3.8) is 0 Å². The normalized spacial score (nSPS) is 23.5. The molecule has 20 heavy (non-hydrogen) atoms.